The van der Waals surface area contributed by atoms with Crippen LogP contribution in [0.1, 0.15) is 204 Å². The molecule has 8 saturated carbocycles. The van der Waals surface area contributed by atoms with Gasteiger partial charge < -0.3 is 14.7 Å². The Hall–Kier alpha value is -6.00. The summed E-state index contributed by atoms with van der Waals surface area (Å²) in [7, 11) is 0. The van der Waals surface area contributed by atoms with Crippen molar-refractivity contribution < 1.29 is 11.0 Å². The van der Waals surface area contributed by atoms with E-state index in [9.17, 15) is 11.0 Å². The SMILES string of the molecule is [2H]c1c([2H])c(C23CC4CC(CC(C4)C2)C3)c([2H])c([2H])c1N(c1cc2c3c(c1)N(c1ccc(C(C)(C)C)cc1)c1ccc(C(C)(C)C)cc1B3c1cc(C(C)(C)C)ccc1N2c1ccc(C(C)(C)C)cc1)c1c([2H])c([2H])c(C23CC4CC(CC(C4)C2)C3)c([2H])c1[2H]. The van der Waals surface area contributed by atoms with Gasteiger partial charge in [0.1, 0.15) is 0 Å². The number of fused-ring (bicyclic) bond motifs is 4. The van der Waals surface area contributed by atoms with Crippen LogP contribution in [0.4, 0.5) is 51.2 Å². The maximum atomic E-state index is 10.6. The first-order valence-electron chi connectivity index (χ1n) is 35.6. The summed E-state index contributed by atoms with van der Waals surface area (Å²) in [5, 5.41) is 0. The zero-order valence-corrected chi connectivity index (χ0v) is 51.1. The third-order valence-electron chi connectivity index (χ3n) is 21.8. The fraction of sp³-hybridized carbons (Fsp3) is 0.462. The van der Waals surface area contributed by atoms with Crippen molar-refractivity contribution in [3.05, 3.63) is 179 Å². The van der Waals surface area contributed by atoms with E-state index in [0.29, 0.717) is 52.3 Å². The predicted octanol–water partition coefficient (Wildman–Crippen LogP) is 19.4. The van der Waals surface area contributed by atoms with Crippen molar-refractivity contribution in [1.29, 1.82) is 0 Å². The molecule has 8 aliphatic carbocycles. The number of nitrogens with zero attached hydrogens (tertiary/aromatic N) is 3. The molecule has 4 heteroatoms. The molecule has 0 radical (unpaired) electrons. The number of benzene rings is 7. The number of hydrogen-bond donors (Lipinski definition) is 0. The molecule has 0 saturated heterocycles. The van der Waals surface area contributed by atoms with Gasteiger partial charge >= 0.3 is 0 Å². The molecule has 7 aromatic carbocycles. The summed E-state index contributed by atoms with van der Waals surface area (Å²) < 4.78 is 83.6. The first-order chi connectivity index (χ1) is 42.3. The van der Waals surface area contributed by atoms with E-state index in [1.54, 1.807) is 4.90 Å². The molecule has 0 atom stereocenters. The first kappa shape index (κ1) is 44.5. The molecule has 2 heterocycles. The second kappa shape index (κ2) is 18.3. The molecule has 0 aromatic heterocycles. The largest absolute Gasteiger partial charge is 0.311 e. The van der Waals surface area contributed by atoms with Crippen LogP contribution in [-0.4, -0.2) is 6.71 Å². The van der Waals surface area contributed by atoms with Crippen LogP contribution in [0.2, 0.25) is 0 Å². The standard InChI is InChI=1S/C78H90BN3/c1-73(2,3)55-13-23-63(24-14-55)81-68-31-21-59(75(7,8)9)39-66(68)79-67-40-60(76(10,11)12)22-32-69(67)82(64-25-15-56(16-26-64)74(4,5)6)71-42-65(41-70(81)72(71)79)80(61-27-17-57(18-28-61)77-43-49-33-50(44-77)35-51(34-49)45-77)62-29-19-58(20-30-62)78-46-52-36-53(47-78)38-54(37-52)48-78/h13-32,39-42,49-54H,33-38,43-48H2,1-12H3/i17D,18D,19D,20D,27D,28D,29D,30D. The lowest BCUT2D eigenvalue weighted by molar-refractivity contribution is -0.00529. The molecule has 8 fully saturated rings. The monoisotopic (exact) mass is 1090 g/mol. The van der Waals surface area contributed by atoms with E-state index in [1.165, 1.54) is 22.3 Å². The zero-order valence-electron chi connectivity index (χ0n) is 59.1. The molecule has 17 rings (SSSR count). The highest BCUT2D eigenvalue weighted by molar-refractivity contribution is 7.00. The smallest absolute Gasteiger partial charge is 0.252 e. The molecule has 82 heavy (non-hydrogen) atoms. The highest BCUT2D eigenvalue weighted by atomic mass is 15.2. The fourth-order valence-corrected chi connectivity index (χ4v) is 18.4. The zero-order chi connectivity index (χ0) is 63.6. The minimum atomic E-state index is -0.473. The molecular formula is C78H90BN3. The summed E-state index contributed by atoms with van der Waals surface area (Å²) in [6.07, 6.45) is 12.1. The molecule has 10 aliphatic rings. The maximum absolute atomic E-state index is 10.6. The Balaban J connectivity index is 1.06. The van der Waals surface area contributed by atoms with Crippen LogP contribution in [0.15, 0.2) is 145 Å². The van der Waals surface area contributed by atoms with Gasteiger partial charge in [-0.1, -0.05) is 156 Å². The Morgan fingerprint density at radius 2 is 0.683 bits per heavy atom. The van der Waals surface area contributed by atoms with Crippen LogP contribution < -0.4 is 31.1 Å². The second-order valence-electron chi connectivity index (χ2n) is 31.8. The highest BCUT2D eigenvalue weighted by Gasteiger charge is 2.53. The summed E-state index contributed by atoms with van der Waals surface area (Å²) in [4.78, 5) is 6.38. The molecule has 7 aromatic rings. The topological polar surface area (TPSA) is 9.72 Å². The van der Waals surface area contributed by atoms with E-state index >= 15 is 0 Å². The molecule has 420 valence electrons. The number of anilines is 9. The average Bonchev–Trinajstić information content (AvgIpc) is 0.712. The van der Waals surface area contributed by atoms with Crippen molar-refractivity contribution in [3.8, 4) is 0 Å². The summed E-state index contributed by atoms with van der Waals surface area (Å²) >= 11 is 0. The fourth-order valence-electron chi connectivity index (χ4n) is 18.4. The lowest BCUT2D eigenvalue weighted by Crippen LogP contribution is -2.61. The quantitative estimate of drug-likeness (QED) is 0.147. The van der Waals surface area contributed by atoms with Gasteiger partial charge in [-0.15, -0.1) is 0 Å². The summed E-state index contributed by atoms with van der Waals surface area (Å²) in [6, 6.07) is 34.8. The molecule has 8 bridgehead atoms. The van der Waals surface area contributed by atoms with Gasteiger partial charge in [-0.3, -0.25) is 0 Å². The van der Waals surface area contributed by atoms with Gasteiger partial charge in [-0.2, -0.15) is 0 Å². The predicted molar refractivity (Wildman–Crippen MR) is 350 cm³/mol. The van der Waals surface area contributed by atoms with Gasteiger partial charge in [0.15, 0.2) is 0 Å². The van der Waals surface area contributed by atoms with Crippen LogP contribution in [0, 0.1) is 35.5 Å². The van der Waals surface area contributed by atoms with Gasteiger partial charge in [0, 0.05) is 45.5 Å². The van der Waals surface area contributed by atoms with E-state index in [1.807, 2.05) is 0 Å². The van der Waals surface area contributed by atoms with E-state index in [2.05, 4.69) is 190 Å². The maximum Gasteiger partial charge on any atom is 0.252 e. The van der Waals surface area contributed by atoms with Crippen LogP contribution in [-0.2, 0) is 32.5 Å². The van der Waals surface area contributed by atoms with Gasteiger partial charge in [-0.05, 0) is 268 Å². The Bertz CT molecular complexity index is 3750. The highest BCUT2D eigenvalue weighted by Crippen LogP contribution is 2.63. The van der Waals surface area contributed by atoms with Gasteiger partial charge in [-0.25, -0.2) is 0 Å². The van der Waals surface area contributed by atoms with Gasteiger partial charge in [0.2, 0.25) is 0 Å². The van der Waals surface area contributed by atoms with Crippen molar-refractivity contribution in [2.45, 2.75) is 193 Å². The Morgan fingerprint density at radius 1 is 0.378 bits per heavy atom. The molecule has 0 amide bonds. The minimum Gasteiger partial charge on any atom is -0.311 e. The second-order valence-corrected chi connectivity index (χ2v) is 31.8. The third-order valence-corrected chi connectivity index (χ3v) is 21.8. The van der Waals surface area contributed by atoms with Crippen molar-refractivity contribution >= 4 is 74.3 Å². The van der Waals surface area contributed by atoms with Gasteiger partial charge in [0.05, 0.1) is 16.7 Å². The van der Waals surface area contributed by atoms with Gasteiger partial charge in [0.25, 0.3) is 6.71 Å². The molecule has 0 N–H and O–H groups in total. The van der Waals surface area contributed by atoms with E-state index in [4.69, 9.17) is 0 Å². The molecule has 3 nitrogen and oxygen atoms in total. The van der Waals surface area contributed by atoms with Crippen LogP contribution in [0.5, 0.6) is 0 Å². The summed E-state index contributed by atoms with van der Waals surface area (Å²) in [5.74, 6) is 2.98. The van der Waals surface area contributed by atoms with Crippen molar-refractivity contribution in [2.75, 3.05) is 14.7 Å². The van der Waals surface area contributed by atoms with Crippen molar-refractivity contribution in [3.63, 3.8) is 0 Å². The normalized spacial score (nSPS) is 28.1. The molecule has 2 aliphatic heterocycles. The van der Waals surface area contributed by atoms with E-state index in [-0.39, 0.29) is 88.1 Å². The van der Waals surface area contributed by atoms with E-state index in [0.717, 1.165) is 128 Å². The molecular weight excluding hydrogens is 990 g/mol. The lowest BCUT2D eigenvalue weighted by atomic mass is 9.33. The average molecular weight is 1090 g/mol. The molecule has 0 unspecified atom stereocenters. The van der Waals surface area contributed by atoms with Crippen LogP contribution in [0.3, 0.4) is 0 Å². The first-order valence-corrected chi connectivity index (χ1v) is 31.6. The van der Waals surface area contributed by atoms with E-state index < -0.39 is 10.8 Å². The lowest BCUT2D eigenvalue weighted by Gasteiger charge is -2.57. The Labute approximate surface area is 504 Å². The van der Waals surface area contributed by atoms with Crippen molar-refractivity contribution in [1.82, 2.24) is 0 Å². The Morgan fingerprint density at radius 3 is 0.988 bits per heavy atom. The van der Waals surface area contributed by atoms with Crippen LogP contribution >= 0.6 is 0 Å². The van der Waals surface area contributed by atoms with Crippen LogP contribution in [0.25, 0.3) is 0 Å². The van der Waals surface area contributed by atoms with Crippen molar-refractivity contribution in [2.24, 2.45) is 35.5 Å². The number of rotatable bonds is 7. The summed E-state index contributed by atoms with van der Waals surface area (Å²) in [5.41, 5.74) is 13.5. The summed E-state index contributed by atoms with van der Waals surface area (Å²) in [6.45, 7) is 26.8. The number of hydrogen-bond acceptors (Lipinski definition) is 3. The minimum absolute atomic E-state index is 0.0638. The Kier molecular flexibility index (Phi) is 9.91. The molecule has 0 spiro atoms. The third kappa shape index (κ3) is 8.61.